The summed E-state index contributed by atoms with van der Waals surface area (Å²) in [5.74, 6) is 0.834. The molecule has 0 saturated carbocycles. The Balaban J connectivity index is 0.00000338. The van der Waals surface area contributed by atoms with E-state index in [0.29, 0.717) is 0 Å². The third-order valence-corrected chi connectivity index (χ3v) is 4.00. The van der Waals surface area contributed by atoms with Crippen LogP contribution in [0.3, 0.4) is 0 Å². The van der Waals surface area contributed by atoms with Crippen LogP contribution in [-0.4, -0.2) is 43.0 Å². The molecular weight excluding hydrogens is 441 g/mol. The lowest BCUT2D eigenvalue weighted by atomic mass is 10.1. The molecule has 0 spiro atoms. The first-order valence-electron chi connectivity index (χ1n) is 8.81. The molecule has 1 aromatic heterocycles. The minimum atomic E-state index is 0. The summed E-state index contributed by atoms with van der Waals surface area (Å²) >= 11 is 0. The van der Waals surface area contributed by atoms with E-state index in [1.807, 2.05) is 16.9 Å². The average Bonchev–Trinajstić information content (AvgIpc) is 3.15. The lowest BCUT2D eigenvalue weighted by Crippen LogP contribution is -2.37. The second-order valence-electron chi connectivity index (χ2n) is 5.88. The lowest BCUT2D eigenvalue weighted by Gasteiger charge is -2.14. The first-order chi connectivity index (χ1) is 12.3. The molecule has 2 rings (SSSR count). The molecule has 0 amide bonds. The molecule has 0 atom stereocenters. The van der Waals surface area contributed by atoms with Gasteiger partial charge in [-0.3, -0.25) is 9.67 Å². The zero-order valence-electron chi connectivity index (χ0n) is 15.6. The van der Waals surface area contributed by atoms with Gasteiger partial charge >= 0.3 is 0 Å². The quantitative estimate of drug-likeness (QED) is 0.242. The molecule has 0 aliphatic carbocycles. The highest BCUT2D eigenvalue weighted by Crippen LogP contribution is 2.10. The summed E-state index contributed by atoms with van der Waals surface area (Å²) < 4.78 is 7.00. The van der Waals surface area contributed by atoms with Crippen molar-refractivity contribution in [3.05, 3.63) is 53.9 Å². The van der Waals surface area contributed by atoms with Crippen LogP contribution in [-0.2, 0) is 17.8 Å². The molecule has 6 nitrogen and oxygen atoms in total. The molecule has 1 aromatic carbocycles. The smallest absolute Gasteiger partial charge is 0.191 e. The van der Waals surface area contributed by atoms with Gasteiger partial charge < -0.3 is 15.4 Å². The molecule has 0 fully saturated rings. The minimum Gasteiger partial charge on any atom is -0.385 e. The monoisotopic (exact) mass is 471 g/mol. The molecule has 26 heavy (non-hydrogen) atoms. The number of rotatable bonds is 10. The topological polar surface area (TPSA) is 63.5 Å². The molecular formula is C19H30IN5O. The normalized spacial score (nSPS) is 11.1. The minimum absolute atomic E-state index is 0. The van der Waals surface area contributed by atoms with Gasteiger partial charge in [-0.2, -0.15) is 5.10 Å². The van der Waals surface area contributed by atoms with Crippen LogP contribution >= 0.6 is 24.0 Å². The van der Waals surface area contributed by atoms with Crippen molar-refractivity contribution in [2.45, 2.75) is 32.4 Å². The molecule has 0 aliphatic heterocycles. The number of ether oxygens (including phenoxy) is 1. The summed E-state index contributed by atoms with van der Waals surface area (Å²) in [6.45, 7) is 3.26. The van der Waals surface area contributed by atoms with Gasteiger partial charge in [-0.05, 0) is 36.5 Å². The maximum atomic E-state index is 5.06. The Hall–Kier alpha value is -1.61. The van der Waals surface area contributed by atoms with Crippen molar-refractivity contribution in [3.63, 3.8) is 0 Å². The first kappa shape index (κ1) is 22.4. The summed E-state index contributed by atoms with van der Waals surface area (Å²) in [4.78, 5) is 4.29. The van der Waals surface area contributed by atoms with Gasteiger partial charge in [0.25, 0.3) is 0 Å². The van der Waals surface area contributed by atoms with Crippen LogP contribution in [0.1, 0.15) is 30.4 Å². The number of hydrogen-bond acceptors (Lipinski definition) is 3. The Kier molecular flexibility index (Phi) is 11.7. The second-order valence-corrected chi connectivity index (χ2v) is 5.88. The van der Waals surface area contributed by atoms with Crippen molar-refractivity contribution >= 4 is 29.9 Å². The van der Waals surface area contributed by atoms with Gasteiger partial charge in [-0.1, -0.05) is 24.3 Å². The largest absolute Gasteiger partial charge is 0.385 e. The average molecular weight is 471 g/mol. The Morgan fingerprint density at radius 3 is 2.62 bits per heavy atom. The number of aromatic nitrogens is 2. The van der Waals surface area contributed by atoms with Crippen LogP contribution in [0.4, 0.5) is 0 Å². The Morgan fingerprint density at radius 1 is 1.12 bits per heavy atom. The summed E-state index contributed by atoms with van der Waals surface area (Å²) in [5.41, 5.74) is 2.51. The van der Waals surface area contributed by atoms with E-state index in [2.05, 4.69) is 45.0 Å². The third kappa shape index (κ3) is 8.18. The van der Waals surface area contributed by atoms with Gasteiger partial charge in [-0.15, -0.1) is 24.0 Å². The fraction of sp³-hybridized carbons (Fsp3) is 0.474. The number of halogens is 1. The lowest BCUT2D eigenvalue weighted by molar-refractivity contribution is 0.192. The van der Waals surface area contributed by atoms with E-state index in [1.54, 1.807) is 20.4 Å². The molecule has 0 saturated heterocycles. The van der Waals surface area contributed by atoms with Gasteiger partial charge in [0, 0.05) is 46.2 Å². The number of nitrogens with zero attached hydrogens (tertiary/aromatic N) is 3. The van der Waals surface area contributed by atoms with Crippen molar-refractivity contribution in [2.24, 2.45) is 4.99 Å². The molecule has 2 aromatic rings. The zero-order chi connectivity index (χ0) is 17.7. The summed E-state index contributed by atoms with van der Waals surface area (Å²) in [6.07, 6.45) is 7.16. The van der Waals surface area contributed by atoms with E-state index < -0.39 is 0 Å². The predicted molar refractivity (Wildman–Crippen MR) is 117 cm³/mol. The number of methoxy groups -OCH3 is 1. The highest BCUT2D eigenvalue weighted by molar-refractivity contribution is 14.0. The maximum absolute atomic E-state index is 5.06. The Bertz CT molecular complexity index is 631. The standard InChI is InChI=1S/C19H29N5O.HI/c1-20-19(21-11-6-3-7-14-25-2)22-15-17-9-4-5-10-18(17)16-24-13-8-12-23-24;/h4-5,8-10,12-13H,3,6-7,11,14-16H2,1-2H3,(H2,20,21,22);1H. The number of nitrogens with one attached hydrogen (secondary N) is 2. The highest BCUT2D eigenvalue weighted by Gasteiger charge is 2.04. The molecule has 0 aliphatic rings. The Labute approximate surface area is 173 Å². The maximum Gasteiger partial charge on any atom is 0.191 e. The van der Waals surface area contributed by atoms with Crippen LogP contribution in [0.2, 0.25) is 0 Å². The van der Waals surface area contributed by atoms with Gasteiger partial charge in [0.05, 0.1) is 6.54 Å². The first-order valence-corrected chi connectivity index (χ1v) is 8.81. The van der Waals surface area contributed by atoms with Crippen molar-refractivity contribution in [1.29, 1.82) is 0 Å². The van der Waals surface area contributed by atoms with E-state index in [1.165, 1.54) is 11.1 Å². The fourth-order valence-electron chi connectivity index (χ4n) is 2.61. The highest BCUT2D eigenvalue weighted by atomic mass is 127. The van der Waals surface area contributed by atoms with Crippen LogP contribution in [0.15, 0.2) is 47.7 Å². The van der Waals surface area contributed by atoms with Gasteiger partial charge in [0.2, 0.25) is 0 Å². The SMILES string of the molecule is CN=C(NCCCCCOC)NCc1ccccc1Cn1cccn1.I. The van der Waals surface area contributed by atoms with Crippen molar-refractivity contribution < 1.29 is 4.74 Å². The van der Waals surface area contributed by atoms with Crippen LogP contribution in [0, 0.1) is 0 Å². The third-order valence-electron chi connectivity index (χ3n) is 4.00. The second kappa shape index (κ2) is 13.6. The number of benzene rings is 1. The van der Waals surface area contributed by atoms with Crippen LogP contribution < -0.4 is 10.6 Å². The van der Waals surface area contributed by atoms with E-state index in [-0.39, 0.29) is 24.0 Å². The van der Waals surface area contributed by atoms with E-state index in [9.17, 15) is 0 Å². The van der Waals surface area contributed by atoms with Crippen molar-refractivity contribution in [2.75, 3.05) is 27.3 Å². The summed E-state index contributed by atoms with van der Waals surface area (Å²) in [7, 11) is 3.55. The van der Waals surface area contributed by atoms with Gasteiger partial charge in [0.1, 0.15) is 0 Å². The van der Waals surface area contributed by atoms with Crippen molar-refractivity contribution in [1.82, 2.24) is 20.4 Å². The summed E-state index contributed by atoms with van der Waals surface area (Å²) in [5, 5.41) is 11.0. The van der Waals surface area contributed by atoms with E-state index >= 15 is 0 Å². The molecule has 1 heterocycles. The summed E-state index contributed by atoms with van der Waals surface area (Å²) in [6, 6.07) is 10.4. The van der Waals surface area contributed by atoms with Crippen LogP contribution in [0.5, 0.6) is 0 Å². The zero-order valence-corrected chi connectivity index (χ0v) is 18.0. The number of hydrogen-bond donors (Lipinski definition) is 2. The molecule has 0 bridgehead atoms. The molecule has 0 radical (unpaired) electrons. The molecule has 0 unspecified atom stereocenters. The van der Waals surface area contributed by atoms with Crippen LogP contribution in [0.25, 0.3) is 0 Å². The molecule has 2 N–H and O–H groups in total. The number of aliphatic imine (C=N–C) groups is 1. The van der Waals surface area contributed by atoms with E-state index in [0.717, 1.165) is 51.5 Å². The van der Waals surface area contributed by atoms with Gasteiger partial charge in [-0.25, -0.2) is 0 Å². The molecule has 7 heteroatoms. The van der Waals surface area contributed by atoms with E-state index in [4.69, 9.17) is 4.74 Å². The Morgan fingerprint density at radius 2 is 1.92 bits per heavy atom. The molecule has 144 valence electrons. The number of guanidine groups is 1. The predicted octanol–water partition coefficient (Wildman–Crippen LogP) is 3.03. The number of unbranched alkanes of at least 4 members (excludes halogenated alkanes) is 2. The van der Waals surface area contributed by atoms with Gasteiger partial charge in [0.15, 0.2) is 5.96 Å². The van der Waals surface area contributed by atoms with Crippen molar-refractivity contribution in [3.8, 4) is 0 Å². The fourth-order valence-corrected chi connectivity index (χ4v) is 2.61.